The molecule has 1 aliphatic heterocycles. The minimum atomic E-state index is -0.482. The van der Waals surface area contributed by atoms with Crippen LogP contribution in [0.25, 0.3) is 0 Å². The topological polar surface area (TPSA) is 91.4 Å². The third-order valence-electron chi connectivity index (χ3n) is 2.46. The molecule has 94 valence electrons. The molecule has 7 heteroatoms. The fourth-order valence-corrected chi connectivity index (χ4v) is 1.64. The summed E-state index contributed by atoms with van der Waals surface area (Å²) in [5.74, 6) is -0.849. The van der Waals surface area contributed by atoms with Gasteiger partial charge in [0.05, 0.1) is 0 Å². The molecular weight excluding hydrogens is 236 g/mol. The molecule has 0 spiro atoms. The molecule has 18 heavy (non-hydrogen) atoms. The summed E-state index contributed by atoms with van der Waals surface area (Å²) >= 11 is 0. The van der Waals surface area contributed by atoms with Crippen molar-refractivity contribution in [2.75, 3.05) is 25.5 Å². The van der Waals surface area contributed by atoms with E-state index in [1.165, 1.54) is 4.90 Å². The van der Waals surface area contributed by atoms with Crippen LogP contribution in [-0.2, 0) is 9.59 Å². The number of hydrogen-bond donors (Lipinski definition) is 2. The molecule has 0 saturated carbocycles. The predicted octanol–water partition coefficient (Wildman–Crippen LogP) is -0.778. The summed E-state index contributed by atoms with van der Waals surface area (Å²) < 4.78 is 0. The Morgan fingerprint density at radius 2 is 2.00 bits per heavy atom. The highest BCUT2D eigenvalue weighted by molar-refractivity contribution is 6.05. The lowest BCUT2D eigenvalue weighted by Gasteiger charge is -2.25. The van der Waals surface area contributed by atoms with E-state index >= 15 is 0 Å². The van der Waals surface area contributed by atoms with Gasteiger partial charge in [-0.3, -0.25) is 19.7 Å². The van der Waals surface area contributed by atoms with Crippen LogP contribution in [0.4, 0.5) is 5.82 Å². The summed E-state index contributed by atoms with van der Waals surface area (Å²) in [6.45, 7) is -0.258. The van der Waals surface area contributed by atoms with E-state index in [2.05, 4.69) is 15.6 Å². The number of pyridine rings is 1. The van der Waals surface area contributed by atoms with Gasteiger partial charge >= 0.3 is 0 Å². The zero-order valence-electron chi connectivity index (χ0n) is 9.77. The molecule has 0 aliphatic carbocycles. The van der Waals surface area contributed by atoms with Crippen LogP contribution >= 0.6 is 0 Å². The fourth-order valence-electron chi connectivity index (χ4n) is 1.64. The summed E-state index contributed by atoms with van der Waals surface area (Å²) in [6, 6.07) is 4.93. The second-order valence-electron chi connectivity index (χ2n) is 3.79. The van der Waals surface area contributed by atoms with Gasteiger partial charge in [0.15, 0.2) is 0 Å². The summed E-state index contributed by atoms with van der Waals surface area (Å²) in [6.07, 6.45) is 0. The molecule has 1 aliphatic rings. The maximum Gasteiger partial charge on any atom is 0.273 e. The number of hydrogen-bond acceptors (Lipinski definition) is 5. The minimum Gasteiger partial charge on any atom is -0.373 e. The van der Waals surface area contributed by atoms with E-state index in [9.17, 15) is 14.4 Å². The normalized spacial score (nSPS) is 15.3. The number of imide groups is 1. The fraction of sp³-hybridized carbons (Fsp3) is 0.273. The van der Waals surface area contributed by atoms with Crippen molar-refractivity contribution in [3.8, 4) is 0 Å². The van der Waals surface area contributed by atoms with Crippen LogP contribution in [-0.4, -0.2) is 47.7 Å². The Bertz CT molecular complexity index is 499. The van der Waals surface area contributed by atoms with Gasteiger partial charge < -0.3 is 10.2 Å². The molecule has 2 N–H and O–H groups in total. The Morgan fingerprint density at radius 3 is 2.61 bits per heavy atom. The van der Waals surface area contributed by atoms with Crippen molar-refractivity contribution >= 4 is 23.5 Å². The first kappa shape index (κ1) is 12.0. The Balaban J connectivity index is 2.19. The number of rotatable bonds is 2. The van der Waals surface area contributed by atoms with E-state index < -0.39 is 17.7 Å². The first-order chi connectivity index (χ1) is 8.60. The number of carbonyl (C=O) groups excluding carboxylic acids is 3. The third-order valence-corrected chi connectivity index (χ3v) is 2.46. The van der Waals surface area contributed by atoms with Crippen LogP contribution in [0.3, 0.4) is 0 Å². The van der Waals surface area contributed by atoms with Crippen LogP contribution in [0.1, 0.15) is 10.5 Å². The molecule has 3 amide bonds. The summed E-state index contributed by atoms with van der Waals surface area (Å²) in [4.78, 5) is 39.7. The zero-order chi connectivity index (χ0) is 13.1. The second kappa shape index (κ2) is 4.82. The summed E-state index contributed by atoms with van der Waals surface area (Å²) in [7, 11) is 1.69. The molecule has 0 radical (unpaired) electrons. The molecule has 1 saturated heterocycles. The molecule has 0 unspecified atom stereocenters. The van der Waals surface area contributed by atoms with Gasteiger partial charge in [0, 0.05) is 7.05 Å². The highest BCUT2D eigenvalue weighted by Gasteiger charge is 2.27. The first-order valence-corrected chi connectivity index (χ1v) is 5.37. The molecule has 1 aromatic heterocycles. The number of nitrogens with zero attached hydrogens (tertiary/aromatic N) is 2. The monoisotopic (exact) mass is 248 g/mol. The minimum absolute atomic E-state index is 0.129. The van der Waals surface area contributed by atoms with E-state index in [4.69, 9.17) is 0 Å². The average Bonchev–Trinajstić information content (AvgIpc) is 2.37. The van der Waals surface area contributed by atoms with Crippen molar-refractivity contribution in [3.63, 3.8) is 0 Å². The molecule has 2 heterocycles. The lowest BCUT2D eigenvalue weighted by Crippen LogP contribution is -2.53. The van der Waals surface area contributed by atoms with Crippen LogP contribution in [0.5, 0.6) is 0 Å². The summed E-state index contributed by atoms with van der Waals surface area (Å²) in [5, 5.41) is 4.95. The van der Waals surface area contributed by atoms with Crippen molar-refractivity contribution in [3.05, 3.63) is 23.9 Å². The van der Waals surface area contributed by atoms with Gasteiger partial charge in [-0.05, 0) is 12.1 Å². The number of aromatic nitrogens is 1. The quantitative estimate of drug-likeness (QED) is 0.670. The molecule has 7 nitrogen and oxygen atoms in total. The third kappa shape index (κ3) is 2.45. The molecular formula is C11H12N4O3. The highest BCUT2D eigenvalue weighted by Crippen LogP contribution is 2.08. The van der Waals surface area contributed by atoms with Crippen molar-refractivity contribution in [1.82, 2.24) is 15.2 Å². The molecule has 1 fully saturated rings. The van der Waals surface area contributed by atoms with Crippen LogP contribution in [0.15, 0.2) is 18.2 Å². The van der Waals surface area contributed by atoms with Crippen molar-refractivity contribution in [2.24, 2.45) is 0 Å². The lowest BCUT2D eigenvalue weighted by molar-refractivity contribution is -0.135. The molecule has 2 rings (SSSR count). The van der Waals surface area contributed by atoms with Crippen LogP contribution in [0, 0.1) is 0 Å². The zero-order valence-corrected chi connectivity index (χ0v) is 9.77. The lowest BCUT2D eigenvalue weighted by atomic mass is 10.2. The van der Waals surface area contributed by atoms with Gasteiger partial charge in [-0.1, -0.05) is 6.07 Å². The Morgan fingerprint density at radius 1 is 1.33 bits per heavy atom. The number of piperazine rings is 1. The largest absolute Gasteiger partial charge is 0.373 e. The van der Waals surface area contributed by atoms with Crippen LogP contribution in [0.2, 0.25) is 0 Å². The predicted molar refractivity (Wildman–Crippen MR) is 62.8 cm³/mol. The van der Waals surface area contributed by atoms with Gasteiger partial charge in [0.1, 0.15) is 24.6 Å². The molecule has 0 aromatic carbocycles. The Labute approximate surface area is 103 Å². The molecule has 0 atom stereocenters. The van der Waals surface area contributed by atoms with E-state index in [0.717, 1.165) is 0 Å². The summed E-state index contributed by atoms with van der Waals surface area (Å²) in [5.41, 5.74) is 0.198. The van der Waals surface area contributed by atoms with Gasteiger partial charge in [0.25, 0.3) is 5.91 Å². The van der Waals surface area contributed by atoms with E-state index in [1.807, 2.05) is 0 Å². The highest BCUT2D eigenvalue weighted by atomic mass is 16.2. The van der Waals surface area contributed by atoms with Gasteiger partial charge in [-0.15, -0.1) is 0 Å². The molecule has 0 bridgehead atoms. The van der Waals surface area contributed by atoms with Gasteiger partial charge in [0.2, 0.25) is 11.8 Å². The number of nitrogens with one attached hydrogen (secondary N) is 2. The van der Waals surface area contributed by atoms with Crippen molar-refractivity contribution in [1.29, 1.82) is 0 Å². The van der Waals surface area contributed by atoms with Gasteiger partial charge in [-0.2, -0.15) is 0 Å². The van der Waals surface area contributed by atoms with Crippen molar-refractivity contribution < 1.29 is 14.4 Å². The Hall–Kier alpha value is -2.44. The number of carbonyl (C=O) groups is 3. The maximum atomic E-state index is 12.1. The van der Waals surface area contributed by atoms with E-state index in [0.29, 0.717) is 5.82 Å². The number of anilines is 1. The van der Waals surface area contributed by atoms with Crippen LogP contribution < -0.4 is 10.6 Å². The van der Waals surface area contributed by atoms with Gasteiger partial charge in [-0.25, -0.2) is 4.98 Å². The van der Waals surface area contributed by atoms with E-state index in [-0.39, 0.29) is 18.8 Å². The van der Waals surface area contributed by atoms with Crippen molar-refractivity contribution in [2.45, 2.75) is 0 Å². The first-order valence-electron chi connectivity index (χ1n) is 5.37. The smallest absolute Gasteiger partial charge is 0.273 e. The average molecular weight is 248 g/mol. The SMILES string of the molecule is CNc1cccc(C(=O)N2CC(=O)NC(=O)C2)n1. The Kier molecular flexibility index (Phi) is 3.22. The standard InChI is InChI=1S/C11H12N4O3/c1-12-8-4-2-3-7(13-8)11(18)15-5-9(16)14-10(17)6-15/h2-4H,5-6H2,1H3,(H,12,13)(H,14,16,17). The van der Waals surface area contributed by atoms with E-state index in [1.54, 1.807) is 25.2 Å². The number of amides is 3. The second-order valence-corrected chi connectivity index (χ2v) is 3.79. The maximum absolute atomic E-state index is 12.1. The molecule has 1 aromatic rings.